The van der Waals surface area contributed by atoms with Gasteiger partial charge in [0.25, 0.3) is 5.95 Å². The quantitative estimate of drug-likeness (QED) is 0.923. The van der Waals surface area contributed by atoms with Crippen molar-refractivity contribution in [2.24, 2.45) is 0 Å². The van der Waals surface area contributed by atoms with E-state index in [0.29, 0.717) is 17.8 Å². The molecular weight excluding hydrogens is 318 g/mol. The molecule has 2 aromatic rings. The van der Waals surface area contributed by atoms with Crippen molar-refractivity contribution in [3.63, 3.8) is 0 Å². The molecule has 1 fully saturated rings. The van der Waals surface area contributed by atoms with Crippen molar-refractivity contribution in [1.29, 1.82) is 0 Å². The molecule has 2 unspecified atom stereocenters. The van der Waals surface area contributed by atoms with Crippen LogP contribution in [0.4, 0.5) is 10.7 Å². The van der Waals surface area contributed by atoms with Crippen LogP contribution in [-0.2, 0) is 6.54 Å². The van der Waals surface area contributed by atoms with Gasteiger partial charge in [-0.2, -0.15) is 4.98 Å². The fourth-order valence-electron chi connectivity index (χ4n) is 3.15. The van der Waals surface area contributed by atoms with Gasteiger partial charge >= 0.3 is 6.03 Å². The summed E-state index contributed by atoms with van der Waals surface area (Å²) in [5.41, 5.74) is 2.54. The molecule has 0 radical (unpaired) electrons. The maximum absolute atomic E-state index is 12.5. The molecule has 1 aliphatic heterocycles. The number of aryl methyl sites for hydroxylation is 1. The molecule has 2 atom stereocenters. The normalized spacial score (nSPS) is 19.9. The van der Waals surface area contributed by atoms with Crippen LogP contribution >= 0.6 is 0 Å². The van der Waals surface area contributed by atoms with E-state index in [1.165, 1.54) is 11.1 Å². The van der Waals surface area contributed by atoms with E-state index >= 15 is 0 Å². The lowest BCUT2D eigenvalue weighted by Crippen LogP contribution is -2.41. The van der Waals surface area contributed by atoms with Crippen molar-refractivity contribution >= 4 is 12.0 Å². The van der Waals surface area contributed by atoms with E-state index in [9.17, 15) is 4.79 Å². The van der Waals surface area contributed by atoms with Crippen molar-refractivity contribution in [1.82, 2.24) is 20.4 Å². The van der Waals surface area contributed by atoms with Crippen LogP contribution in [0.3, 0.4) is 0 Å². The molecule has 7 heteroatoms. The van der Waals surface area contributed by atoms with Crippen LogP contribution in [0.1, 0.15) is 36.3 Å². The van der Waals surface area contributed by atoms with Crippen LogP contribution < -0.4 is 10.2 Å². The summed E-state index contributed by atoms with van der Waals surface area (Å²) in [6.45, 7) is 5.13. The molecule has 0 aliphatic carbocycles. The van der Waals surface area contributed by atoms with Crippen LogP contribution in [0.5, 0.6) is 0 Å². The van der Waals surface area contributed by atoms with Crippen molar-refractivity contribution in [3.05, 3.63) is 41.3 Å². The van der Waals surface area contributed by atoms with Crippen LogP contribution in [-0.4, -0.2) is 47.8 Å². The molecule has 1 aliphatic rings. The number of hydrogen-bond acceptors (Lipinski definition) is 5. The van der Waals surface area contributed by atoms with Crippen LogP contribution in [0, 0.1) is 6.92 Å². The van der Waals surface area contributed by atoms with E-state index in [0.717, 1.165) is 13.0 Å². The number of carbonyl (C=O) groups excluding carboxylic acids is 1. The third kappa shape index (κ3) is 3.92. The minimum absolute atomic E-state index is 0.0910. The Morgan fingerprint density at radius 1 is 1.36 bits per heavy atom. The highest BCUT2D eigenvalue weighted by atomic mass is 16.5. The molecule has 1 aromatic carbocycles. The Hall–Kier alpha value is -2.57. The maximum atomic E-state index is 12.5. The summed E-state index contributed by atoms with van der Waals surface area (Å²) in [5.74, 6) is 1.28. The van der Waals surface area contributed by atoms with Gasteiger partial charge in [0, 0.05) is 32.6 Å². The number of aromatic nitrogens is 2. The molecule has 0 saturated carbocycles. The number of nitrogens with one attached hydrogen (secondary N) is 1. The first-order valence-electron chi connectivity index (χ1n) is 8.55. The second kappa shape index (κ2) is 7.13. The van der Waals surface area contributed by atoms with E-state index in [4.69, 9.17) is 4.52 Å². The zero-order chi connectivity index (χ0) is 18.0. The monoisotopic (exact) mass is 343 g/mol. The molecule has 2 amide bonds. The molecule has 3 rings (SSSR count). The molecule has 0 bridgehead atoms. The number of urea groups is 1. The van der Waals surface area contributed by atoms with Gasteiger partial charge in [0.2, 0.25) is 5.89 Å². The lowest BCUT2D eigenvalue weighted by Gasteiger charge is -2.21. The van der Waals surface area contributed by atoms with Gasteiger partial charge < -0.3 is 19.6 Å². The number of nitrogens with zero attached hydrogens (tertiary/aromatic N) is 4. The molecule has 25 heavy (non-hydrogen) atoms. The Kier molecular flexibility index (Phi) is 4.92. The third-order valence-electron chi connectivity index (χ3n) is 4.63. The molecule has 134 valence electrons. The number of benzene rings is 1. The molecule has 2 heterocycles. The highest BCUT2D eigenvalue weighted by Gasteiger charge is 2.33. The molecule has 1 N–H and O–H groups in total. The van der Waals surface area contributed by atoms with Gasteiger partial charge in [-0.1, -0.05) is 29.8 Å². The number of rotatable bonds is 4. The van der Waals surface area contributed by atoms with E-state index in [-0.39, 0.29) is 18.6 Å². The SMILES string of the molecule is Cc1ccc(C2CC(C)N(C(=O)NCc3nc(N(C)C)no3)C2)cc1. The van der Waals surface area contributed by atoms with E-state index < -0.39 is 0 Å². The predicted molar refractivity (Wildman–Crippen MR) is 95.6 cm³/mol. The second-order valence-electron chi connectivity index (χ2n) is 6.89. The molecule has 0 spiro atoms. The van der Waals surface area contributed by atoms with E-state index in [1.54, 1.807) is 4.90 Å². The molecule has 1 aromatic heterocycles. The number of hydrogen-bond donors (Lipinski definition) is 1. The summed E-state index contributed by atoms with van der Waals surface area (Å²) in [7, 11) is 3.68. The Morgan fingerprint density at radius 3 is 2.72 bits per heavy atom. The predicted octanol–water partition coefficient (Wildman–Crippen LogP) is 2.53. The lowest BCUT2D eigenvalue weighted by atomic mass is 9.96. The Morgan fingerprint density at radius 2 is 2.08 bits per heavy atom. The fourth-order valence-corrected chi connectivity index (χ4v) is 3.15. The van der Waals surface area contributed by atoms with Crippen molar-refractivity contribution in [2.45, 2.75) is 38.8 Å². The fraction of sp³-hybridized carbons (Fsp3) is 0.500. The Bertz CT molecular complexity index is 725. The first-order valence-corrected chi connectivity index (χ1v) is 8.55. The lowest BCUT2D eigenvalue weighted by molar-refractivity contribution is 0.193. The summed E-state index contributed by atoms with van der Waals surface area (Å²) in [6.07, 6.45) is 0.974. The van der Waals surface area contributed by atoms with Gasteiger partial charge in [0.15, 0.2) is 0 Å². The smallest absolute Gasteiger partial charge is 0.318 e. The zero-order valence-electron chi connectivity index (χ0n) is 15.2. The molecule has 1 saturated heterocycles. The van der Waals surface area contributed by atoms with Crippen molar-refractivity contribution in [3.8, 4) is 0 Å². The zero-order valence-corrected chi connectivity index (χ0v) is 15.2. The minimum Gasteiger partial charge on any atom is -0.344 e. The topological polar surface area (TPSA) is 74.5 Å². The highest BCUT2D eigenvalue weighted by Crippen LogP contribution is 2.31. The summed E-state index contributed by atoms with van der Waals surface area (Å²) < 4.78 is 5.13. The first-order chi connectivity index (χ1) is 11.9. The van der Waals surface area contributed by atoms with Gasteiger partial charge in [-0.15, -0.1) is 0 Å². The van der Waals surface area contributed by atoms with Gasteiger partial charge in [0.1, 0.15) is 0 Å². The van der Waals surface area contributed by atoms with Gasteiger partial charge in [-0.05, 0) is 31.0 Å². The summed E-state index contributed by atoms with van der Waals surface area (Å²) >= 11 is 0. The highest BCUT2D eigenvalue weighted by molar-refractivity contribution is 5.75. The van der Waals surface area contributed by atoms with E-state index in [2.05, 4.69) is 53.6 Å². The second-order valence-corrected chi connectivity index (χ2v) is 6.89. The number of anilines is 1. The van der Waals surface area contributed by atoms with Gasteiger partial charge in [-0.25, -0.2) is 4.79 Å². The first kappa shape index (κ1) is 17.3. The number of carbonyl (C=O) groups is 1. The van der Waals surface area contributed by atoms with Gasteiger partial charge in [-0.3, -0.25) is 0 Å². The Labute approximate surface area is 148 Å². The maximum Gasteiger partial charge on any atom is 0.318 e. The summed E-state index contributed by atoms with van der Waals surface area (Å²) in [4.78, 5) is 20.4. The van der Waals surface area contributed by atoms with Crippen LogP contribution in [0.2, 0.25) is 0 Å². The van der Waals surface area contributed by atoms with Crippen LogP contribution in [0.15, 0.2) is 28.8 Å². The molecule has 7 nitrogen and oxygen atoms in total. The third-order valence-corrected chi connectivity index (χ3v) is 4.63. The number of likely N-dealkylation sites (tertiary alicyclic amines) is 1. The van der Waals surface area contributed by atoms with Gasteiger partial charge in [0.05, 0.1) is 6.54 Å². The summed E-state index contributed by atoms with van der Waals surface area (Å²) in [6, 6.07) is 8.68. The standard InChI is InChI=1S/C18H25N5O2/c1-12-5-7-14(8-6-12)15-9-13(2)23(11-15)18(24)19-10-16-20-17(21-25-16)22(3)4/h5-8,13,15H,9-11H2,1-4H3,(H,19,24). The Balaban J connectivity index is 1.57. The summed E-state index contributed by atoms with van der Waals surface area (Å²) in [5, 5.41) is 6.72. The molecular formula is C18H25N5O2. The van der Waals surface area contributed by atoms with Crippen LogP contribution in [0.25, 0.3) is 0 Å². The van der Waals surface area contributed by atoms with Crippen molar-refractivity contribution in [2.75, 3.05) is 25.5 Å². The largest absolute Gasteiger partial charge is 0.344 e. The average molecular weight is 343 g/mol. The average Bonchev–Trinajstić information content (AvgIpc) is 3.20. The minimum atomic E-state index is -0.0910. The van der Waals surface area contributed by atoms with E-state index in [1.807, 2.05) is 19.0 Å². The number of amides is 2. The van der Waals surface area contributed by atoms with Crippen molar-refractivity contribution < 1.29 is 9.32 Å².